The van der Waals surface area contributed by atoms with E-state index < -0.39 is 10.0 Å². The van der Waals surface area contributed by atoms with E-state index >= 15 is 0 Å². The number of nitrogens with one attached hydrogen (secondary N) is 1. The highest BCUT2D eigenvalue weighted by molar-refractivity contribution is 7.92. The molecule has 4 nitrogen and oxygen atoms in total. The average Bonchev–Trinajstić information content (AvgIpc) is 2.43. The van der Waals surface area contributed by atoms with Crippen molar-refractivity contribution in [2.45, 2.75) is 25.2 Å². The molecule has 0 aliphatic heterocycles. The molecule has 0 aliphatic rings. The Morgan fingerprint density at radius 1 is 1.10 bits per heavy atom. The van der Waals surface area contributed by atoms with Crippen LogP contribution in [0.15, 0.2) is 47.4 Å². The second kappa shape index (κ2) is 5.54. The molecule has 2 aromatic carbocycles. The number of hydrogen-bond donors (Lipinski definition) is 2. The van der Waals surface area contributed by atoms with Crippen molar-refractivity contribution in [2.75, 3.05) is 10.5 Å². The summed E-state index contributed by atoms with van der Waals surface area (Å²) in [5.41, 5.74) is 8.83. The summed E-state index contributed by atoms with van der Waals surface area (Å²) in [5, 5.41) is 0. The molecule has 0 unspecified atom stereocenters. The Bertz CT molecular complexity index is 707. The molecule has 20 heavy (non-hydrogen) atoms. The molecular formula is C15H18N2O2S. The summed E-state index contributed by atoms with van der Waals surface area (Å²) in [6, 6.07) is 12.0. The van der Waals surface area contributed by atoms with Gasteiger partial charge in [0, 0.05) is 5.69 Å². The van der Waals surface area contributed by atoms with Crippen molar-refractivity contribution >= 4 is 21.4 Å². The second-order valence-corrected chi connectivity index (χ2v) is 6.36. The van der Waals surface area contributed by atoms with Crippen molar-refractivity contribution in [3.8, 4) is 0 Å². The van der Waals surface area contributed by atoms with Gasteiger partial charge in [-0.3, -0.25) is 4.72 Å². The molecule has 0 atom stereocenters. The van der Waals surface area contributed by atoms with Crippen LogP contribution in [-0.4, -0.2) is 8.42 Å². The fraction of sp³-hybridized carbons (Fsp3) is 0.200. The Balaban J connectivity index is 2.27. The molecule has 2 aromatic rings. The van der Waals surface area contributed by atoms with E-state index in [0.717, 1.165) is 17.5 Å². The topological polar surface area (TPSA) is 72.2 Å². The van der Waals surface area contributed by atoms with Crippen LogP contribution in [0.2, 0.25) is 0 Å². The van der Waals surface area contributed by atoms with Crippen LogP contribution in [0.5, 0.6) is 0 Å². The minimum atomic E-state index is -3.57. The third kappa shape index (κ3) is 3.11. The Labute approximate surface area is 119 Å². The Morgan fingerprint density at radius 2 is 1.75 bits per heavy atom. The summed E-state index contributed by atoms with van der Waals surface area (Å²) in [4.78, 5) is 0.244. The van der Waals surface area contributed by atoms with Gasteiger partial charge in [0.05, 0.1) is 10.6 Å². The van der Waals surface area contributed by atoms with Crippen LogP contribution in [-0.2, 0) is 16.4 Å². The number of sulfonamides is 1. The zero-order chi connectivity index (χ0) is 14.8. The van der Waals surface area contributed by atoms with Crippen molar-refractivity contribution in [1.29, 1.82) is 0 Å². The first-order valence-electron chi connectivity index (χ1n) is 6.40. The summed E-state index contributed by atoms with van der Waals surface area (Å²) >= 11 is 0. The van der Waals surface area contributed by atoms with Gasteiger partial charge in [0.1, 0.15) is 0 Å². The maximum Gasteiger partial charge on any atom is 0.261 e. The summed E-state index contributed by atoms with van der Waals surface area (Å²) < 4.78 is 27.0. The highest BCUT2D eigenvalue weighted by atomic mass is 32.2. The average molecular weight is 290 g/mol. The molecule has 0 saturated carbocycles. The van der Waals surface area contributed by atoms with Gasteiger partial charge in [-0.05, 0) is 48.7 Å². The fourth-order valence-corrected chi connectivity index (χ4v) is 2.87. The first-order valence-corrected chi connectivity index (χ1v) is 7.88. The van der Waals surface area contributed by atoms with Crippen molar-refractivity contribution in [3.63, 3.8) is 0 Å². The van der Waals surface area contributed by atoms with Crippen LogP contribution >= 0.6 is 0 Å². The lowest BCUT2D eigenvalue weighted by atomic mass is 10.2. The smallest absolute Gasteiger partial charge is 0.261 e. The van der Waals surface area contributed by atoms with Crippen LogP contribution in [0.3, 0.4) is 0 Å². The van der Waals surface area contributed by atoms with E-state index in [1.807, 2.05) is 26.0 Å². The quantitative estimate of drug-likeness (QED) is 0.850. The highest BCUT2D eigenvalue weighted by Gasteiger charge is 2.14. The van der Waals surface area contributed by atoms with Crippen LogP contribution in [0.4, 0.5) is 11.4 Å². The molecule has 0 aromatic heterocycles. The first kappa shape index (κ1) is 14.4. The first-order chi connectivity index (χ1) is 9.42. The molecule has 0 saturated heterocycles. The lowest BCUT2D eigenvalue weighted by Gasteiger charge is -2.10. The number of nitrogens with two attached hydrogens (primary N) is 1. The largest absolute Gasteiger partial charge is 0.398 e. The van der Waals surface area contributed by atoms with Gasteiger partial charge in [0.2, 0.25) is 0 Å². The predicted octanol–water partition coefficient (Wildman–Crippen LogP) is 2.94. The van der Waals surface area contributed by atoms with Crippen LogP contribution in [0, 0.1) is 6.92 Å². The molecular weight excluding hydrogens is 272 g/mol. The SMILES string of the molecule is CCc1ccc(S(=O)(=O)Nc2ccc(C)c(N)c2)cc1. The molecule has 106 valence electrons. The van der Waals surface area contributed by atoms with E-state index in [9.17, 15) is 8.42 Å². The third-order valence-electron chi connectivity index (χ3n) is 3.17. The van der Waals surface area contributed by atoms with Crippen molar-refractivity contribution < 1.29 is 8.42 Å². The van der Waals surface area contributed by atoms with Crippen LogP contribution < -0.4 is 10.5 Å². The van der Waals surface area contributed by atoms with E-state index in [2.05, 4.69) is 4.72 Å². The number of rotatable bonds is 4. The van der Waals surface area contributed by atoms with Gasteiger partial charge >= 0.3 is 0 Å². The predicted molar refractivity (Wildman–Crippen MR) is 82.2 cm³/mol. The molecule has 0 aliphatic carbocycles. The fourth-order valence-electron chi connectivity index (χ4n) is 1.82. The van der Waals surface area contributed by atoms with Gasteiger partial charge < -0.3 is 5.73 Å². The van der Waals surface area contributed by atoms with Crippen LogP contribution in [0.25, 0.3) is 0 Å². The van der Waals surface area contributed by atoms with Crippen molar-refractivity contribution in [1.82, 2.24) is 0 Å². The van der Waals surface area contributed by atoms with Gasteiger partial charge in [0.25, 0.3) is 10.0 Å². The van der Waals surface area contributed by atoms with Crippen molar-refractivity contribution in [3.05, 3.63) is 53.6 Å². The van der Waals surface area contributed by atoms with Gasteiger partial charge in [-0.1, -0.05) is 25.1 Å². The molecule has 2 rings (SSSR count). The summed E-state index contributed by atoms with van der Waals surface area (Å²) in [6.45, 7) is 3.90. The number of anilines is 2. The van der Waals surface area contributed by atoms with E-state index in [1.165, 1.54) is 0 Å². The molecule has 3 N–H and O–H groups in total. The highest BCUT2D eigenvalue weighted by Crippen LogP contribution is 2.21. The Morgan fingerprint density at radius 3 is 2.30 bits per heavy atom. The minimum Gasteiger partial charge on any atom is -0.398 e. The van der Waals surface area contributed by atoms with E-state index in [4.69, 9.17) is 5.73 Å². The molecule has 0 heterocycles. The standard InChI is InChI=1S/C15H18N2O2S/c1-3-12-5-8-14(9-6-12)20(18,19)17-13-7-4-11(2)15(16)10-13/h4-10,17H,3,16H2,1-2H3. The normalized spacial score (nSPS) is 11.3. The van der Waals surface area contributed by atoms with Gasteiger partial charge in [-0.15, -0.1) is 0 Å². The molecule has 0 spiro atoms. The molecule has 0 bridgehead atoms. The Kier molecular flexibility index (Phi) is 3.99. The van der Waals surface area contributed by atoms with Crippen molar-refractivity contribution in [2.24, 2.45) is 0 Å². The summed E-state index contributed by atoms with van der Waals surface area (Å²) in [5.74, 6) is 0. The maximum atomic E-state index is 12.2. The van der Waals surface area contributed by atoms with E-state index in [1.54, 1.807) is 30.3 Å². The lowest BCUT2D eigenvalue weighted by molar-refractivity contribution is 0.601. The molecule has 0 amide bonds. The van der Waals surface area contributed by atoms with Gasteiger partial charge in [-0.2, -0.15) is 0 Å². The summed E-state index contributed by atoms with van der Waals surface area (Å²) in [7, 11) is -3.57. The number of aryl methyl sites for hydroxylation is 2. The second-order valence-electron chi connectivity index (χ2n) is 4.67. The summed E-state index contributed by atoms with van der Waals surface area (Å²) in [6.07, 6.45) is 0.877. The van der Waals surface area contributed by atoms with Crippen LogP contribution in [0.1, 0.15) is 18.1 Å². The molecule has 0 radical (unpaired) electrons. The maximum absolute atomic E-state index is 12.2. The third-order valence-corrected chi connectivity index (χ3v) is 4.57. The minimum absolute atomic E-state index is 0.244. The number of nitrogen functional groups attached to an aromatic ring is 1. The van der Waals surface area contributed by atoms with E-state index in [-0.39, 0.29) is 4.90 Å². The lowest BCUT2D eigenvalue weighted by Crippen LogP contribution is -2.13. The molecule has 5 heteroatoms. The van der Waals surface area contributed by atoms with E-state index in [0.29, 0.717) is 11.4 Å². The number of benzene rings is 2. The molecule has 0 fully saturated rings. The van der Waals surface area contributed by atoms with Gasteiger partial charge in [0.15, 0.2) is 0 Å². The monoisotopic (exact) mass is 290 g/mol. The Hall–Kier alpha value is -2.01. The number of hydrogen-bond acceptors (Lipinski definition) is 3. The van der Waals surface area contributed by atoms with Gasteiger partial charge in [-0.25, -0.2) is 8.42 Å². The zero-order valence-corrected chi connectivity index (χ0v) is 12.4. The zero-order valence-electron chi connectivity index (χ0n) is 11.6.